The second-order valence-corrected chi connectivity index (χ2v) is 7.09. The summed E-state index contributed by atoms with van der Waals surface area (Å²) in [5, 5.41) is 2.29. The maximum Gasteiger partial charge on any atom is 0.435 e. The zero-order valence-corrected chi connectivity index (χ0v) is 15.2. The van der Waals surface area contributed by atoms with E-state index in [-0.39, 0.29) is 17.4 Å². The molecule has 27 heavy (non-hydrogen) atoms. The van der Waals surface area contributed by atoms with E-state index in [1.54, 1.807) is 4.90 Å². The van der Waals surface area contributed by atoms with Crippen molar-refractivity contribution in [2.75, 3.05) is 38.1 Å². The van der Waals surface area contributed by atoms with Gasteiger partial charge in [0, 0.05) is 32.7 Å². The van der Waals surface area contributed by atoms with E-state index in [4.69, 9.17) is 0 Å². The minimum absolute atomic E-state index is 0.00406. The number of nitrogens with one attached hydrogen (secondary N) is 1. The summed E-state index contributed by atoms with van der Waals surface area (Å²) in [5.74, 6) is -0.656. The summed E-state index contributed by atoms with van der Waals surface area (Å²) in [6.45, 7) is 2.16. The van der Waals surface area contributed by atoms with Gasteiger partial charge in [0.2, 0.25) is 0 Å². The van der Waals surface area contributed by atoms with Crippen LogP contribution < -0.4 is 10.2 Å². The number of likely N-dealkylation sites (tertiary alicyclic amines) is 1. The summed E-state index contributed by atoms with van der Waals surface area (Å²) < 4.78 is 54.1. The van der Waals surface area contributed by atoms with Crippen LogP contribution in [0.1, 0.15) is 41.9 Å². The Kier molecular flexibility index (Phi) is 5.88. The van der Waals surface area contributed by atoms with Gasteiger partial charge in [-0.15, -0.1) is 0 Å². The number of hydrogen-bond acceptors (Lipinski definition) is 4. The van der Waals surface area contributed by atoms with Crippen molar-refractivity contribution < 1.29 is 22.4 Å². The van der Waals surface area contributed by atoms with Gasteiger partial charge < -0.3 is 10.2 Å². The topological polar surface area (TPSA) is 48.5 Å². The van der Waals surface area contributed by atoms with Crippen LogP contribution in [0, 0.1) is 0 Å². The number of amides is 1. The molecular weight excluding hydrogens is 364 g/mol. The van der Waals surface area contributed by atoms with Gasteiger partial charge in [-0.2, -0.15) is 13.2 Å². The summed E-state index contributed by atoms with van der Waals surface area (Å²) in [6, 6.07) is 2.83. The van der Waals surface area contributed by atoms with E-state index in [1.165, 1.54) is 19.2 Å². The van der Waals surface area contributed by atoms with Crippen LogP contribution in [0.25, 0.3) is 0 Å². The third-order valence-electron chi connectivity index (χ3n) is 5.32. The van der Waals surface area contributed by atoms with Crippen molar-refractivity contribution in [2.24, 2.45) is 0 Å². The number of alkyl halides is 4. The van der Waals surface area contributed by atoms with Crippen LogP contribution in [-0.2, 0) is 6.18 Å². The minimum Gasteiger partial charge on any atom is -0.370 e. The molecule has 2 fully saturated rings. The molecule has 2 aliphatic heterocycles. The van der Waals surface area contributed by atoms with Crippen LogP contribution in [0.5, 0.6) is 0 Å². The van der Waals surface area contributed by atoms with Crippen molar-refractivity contribution in [2.45, 2.75) is 44.1 Å². The van der Waals surface area contributed by atoms with E-state index >= 15 is 0 Å². The number of hydrogen-bond donors (Lipinski definition) is 1. The number of rotatable bonds is 3. The molecule has 0 saturated carbocycles. The highest BCUT2D eigenvalue weighted by Crippen LogP contribution is 2.36. The fourth-order valence-electron chi connectivity index (χ4n) is 3.93. The maximum atomic E-state index is 13.6. The van der Waals surface area contributed by atoms with Gasteiger partial charge >= 0.3 is 6.18 Å². The van der Waals surface area contributed by atoms with Crippen LogP contribution >= 0.6 is 0 Å². The Hall–Kier alpha value is -1.90. The first kappa shape index (κ1) is 19.9. The summed E-state index contributed by atoms with van der Waals surface area (Å²) in [6.07, 6.45) is -2.68. The lowest BCUT2D eigenvalue weighted by molar-refractivity contribution is -0.140. The van der Waals surface area contributed by atoms with E-state index in [0.29, 0.717) is 38.9 Å². The Morgan fingerprint density at radius 2 is 1.89 bits per heavy atom. The quantitative estimate of drug-likeness (QED) is 0.809. The molecule has 150 valence electrons. The van der Waals surface area contributed by atoms with Gasteiger partial charge in [-0.05, 0) is 44.4 Å². The van der Waals surface area contributed by atoms with Crippen molar-refractivity contribution >= 4 is 11.6 Å². The number of pyridine rings is 1. The van der Waals surface area contributed by atoms with Crippen molar-refractivity contribution in [3.8, 4) is 0 Å². The highest BCUT2D eigenvalue weighted by Gasteiger charge is 2.39. The van der Waals surface area contributed by atoms with E-state index in [1.807, 2.05) is 0 Å². The molecular formula is C18H24F4N4O. The zero-order valence-electron chi connectivity index (χ0n) is 15.2. The first-order valence-corrected chi connectivity index (χ1v) is 9.23. The maximum absolute atomic E-state index is 13.6. The summed E-state index contributed by atoms with van der Waals surface area (Å²) in [5.41, 5.74) is -1.30. The molecule has 2 saturated heterocycles. The Morgan fingerprint density at radius 3 is 2.48 bits per heavy atom. The lowest BCUT2D eigenvalue weighted by atomic mass is 9.98. The molecule has 3 heterocycles. The molecule has 1 amide bonds. The molecule has 1 unspecified atom stereocenters. The van der Waals surface area contributed by atoms with E-state index < -0.39 is 23.9 Å². The first-order chi connectivity index (χ1) is 12.8. The normalized spacial score (nSPS) is 22.7. The van der Waals surface area contributed by atoms with Crippen molar-refractivity contribution in [1.29, 1.82) is 0 Å². The number of nitrogens with zero attached hydrogens (tertiary/aromatic N) is 3. The minimum atomic E-state index is -4.65. The average molecular weight is 388 g/mol. The van der Waals surface area contributed by atoms with Crippen LogP contribution in [0.15, 0.2) is 12.1 Å². The number of carbonyl (C=O) groups excluding carboxylic acids is 1. The fraction of sp³-hybridized carbons (Fsp3) is 0.667. The highest BCUT2D eigenvalue weighted by molar-refractivity contribution is 5.92. The molecule has 5 nitrogen and oxygen atoms in total. The van der Waals surface area contributed by atoms with Crippen LogP contribution in [0.3, 0.4) is 0 Å². The molecule has 2 aliphatic rings. The van der Waals surface area contributed by atoms with Gasteiger partial charge in [-0.25, -0.2) is 9.37 Å². The Morgan fingerprint density at radius 1 is 1.19 bits per heavy atom. The molecule has 0 radical (unpaired) electrons. The Bertz CT molecular complexity index is 674. The second-order valence-electron chi connectivity index (χ2n) is 7.09. The molecule has 0 aliphatic carbocycles. The van der Waals surface area contributed by atoms with E-state index in [0.717, 1.165) is 13.0 Å². The van der Waals surface area contributed by atoms with Crippen LogP contribution in [0.4, 0.5) is 23.2 Å². The smallest absolute Gasteiger partial charge is 0.370 e. The fourth-order valence-corrected chi connectivity index (χ4v) is 3.93. The number of halogens is 4. The molecule has 0 aromatic carbocycles. The van der Waals surface area contributed by atoms with Gasteiger partial charge in [-0.3, -0.25) is 9.69 Å². The predicted molar refractivity (Wildman–Crippen MR) is 93.6 cm³/mol. The van der Waals surface area contributed by atoms with Crippen molar-refractivity contribution in [3.63, 3.8) is 0 Å². The third kappa shape index (κ3) is 4.51. The molecule has 0 spiro atoms. The largest absolute Gasteiger partial charge is 0.435 e. The van der Waals surface area contributed by atoms with E-state index in [9.17, 15) is 22.4 Å². The Balaban J connectivity index is 1.74. The molecule has 3 rings (SSSR count). The Labute approximate surface area is 155 Å². The summed E-state index contributed by atoms with van der Waals surface area (Å²) in [4.78, 5) is 19.0. The predicted octanol–water partition coefficient (Wildman–Crippen LogP) is 2.86. The van der Waals surface area contributed by atoms with Gasteiger partial charge in [0.25, 0.3) is 5.91 Å². The molecule has 1 N–H and O–H groups in total. The lowest BCUT2D eigenvalue weighted by Crippen LogP contribution is -2.49. The molecule has 9 heteroatoms. The van der Waals surface area contributed by atoms with E-state index in [2.05, 4.69) is 15.2 Å². The van der Waals surface area contributed by atoms with Crippen LogP contribution in [-0.4, -0.2) is 61.2 Å². The van der Waals surface area contributed by atoms with Gasteiger partial charge in [0.15, 0.2) is 5.69 Å². The summed E-state index contributed by atoms with van der Waals surface area (Å²) >= 11 is 0. The number of aromatic nitrogens is 1. The van der Waals surface area contributed by atoms with Gasteiger partial charge in [0.05, 0.1) is 5.69 Å². The monoisotopic (exact) mass is 388 g/mol. The SMILES string of the molecule is CNC(=O)c1ccc(N2CCC(N3CCCC(F)C3)CC2)c(C(F)(F)F)n1. The molecule has 0 bridgehead atoms. The second kappa shape index (κ2) is 8.00. The van der Waals surface area contributed by atoms with Crippen LogP contribution in [0.2, 0.25) is 0 Å². The standard InChI is InChI=1S/C18H24F4N4O/c1-23-17(27)14-4-5-15(16(24-14)18(20,21)22)25-9-6-13(7-10-25)26-8-2-3-12(19)11-26/h4-5,12-13H,2-3,6-11H2,1H3,(H,23,27). The number of piperidine rings is 2. The lowest BCUT2D eigenvalue weighted by Gasteiger charge is -2.41. The van der Waals surface area contributed by atoms with Gasteiger partial charge in [0.1, 0.15) is 11.9 Å². The van der Waals surface area contributed by atoms with Crippen molar-refractivity contribution in [3.05, 3.63) is 23.5 Å². The zero-order chi connectivity index (χ0) is 19.6. The average Bonchev–Trinajstić information content (AvgIpc) is 2.66. The third-order valence-corrected chi connectivity index (χ3v) is 5.32. The highest BCUT2D eigenvalue weighted by atomic mass is 19.4. The molecule has 1 atom stereocenters. The number of carbonyl (C=O) groups is 1. The molecule has 1 aromatic heterocycles. The number of anilines is 1. The molecule has 1 aromatic rings. The first-order valence-electron chi connectivity index (χ1n) is 9.23. The van der Waals surface area contributed by atoms with Gasteiger partial charge in [-0.1, -0.05) is 0 Å². The summed E-state index contributed by atoms with van der Waals surface area (Å²) in [7, 11) is 1.35. The van der Waals surface area contributed by atoms with Crippen molar-refractivity contribution in [1.82, 2.24) is 15.2 Å².